The lowest BCUT2D eigenvalue weighted by atomic mass is 10.1. The standard InChI is InChI=1S/C21H17N5O4S/c27-18-9-15(14-4-2-1-3-5-14)26-20(23-18)24-25-21(26)31-11-19(28)22-10-13-6-7-16-17(8-13)30-12-29-16/h1-9H,10-12H2,(H,22,28)(H,23,24,27). The molecule has 9 nitrogen and oxygen atoms in total. The number of nitrogens with zero attached hydrogens (tertiary/aromatic N) is 3. The van der Waals surface area contributed by atoms with Crippen molar-refractivity contribution in [1.82, 2.24) is 24.9 Å². The molecule has 0 aliphatic carbocycles. The van der Waals surface area contributed by atoms with E-state index < -0.39 is 0 Å². The zero-order valence-electron chi connectivity index (χ0n) is 16.2. The van der Waals surface area contributed by atoms with E-state index in [0.717, 1.165) is 11.1 Å². The van der Waals surface area contributed by atoms with Crippen molar-refractivity contribution in [3.8, 4) is 22.8 Å². The third-order valence-corrected chi connectivity index (χ3v) is 5.63. The zero-order valence-corrected chi connectivity index (χ0v) is 17.0. The summed E-state index contributed by atoms with van der Waals surface area (Å²) in [7, 11) is 0. The second-order valence-electron chi connectivity index (χ2n) is 6.78. The van der Waals surface area contributed by atoms with Crippen molar-refractivity contribution in [3.05, 3.63) is 70.5 Å². The minimum Gasteiger partial charge on any atom is -0.454 e. The summed E-state index contributed by atoms with van der Waals surface area (Å²) in [6, 6.07) is 16.6. The van der Waals surface area contributed by atoms with Gasteiger partial charge in [-0.2, -0.15) is 0 Å². The number of fused-ring (bicyclic) bond motifs is 2. The van der Waals surface area contributed by atoms with Crippen LogP contribution in [0.3, 0.4) is 0 Å². The lowest BCUT2D eigenvalue weighted by Gasteiger charge is -2.08. The lowest BCUT2D eigenvalue weighted by molar-refractivity contribution is -0.118. The molecule has 2 aromatic carbocycles. The Morgan fingerprint density at radius 1 is 1.10 bits per heavy atom. The average Bonchev–Trinajstić information content (AvgIpc) is 3.42. The predicted octanol–water partition coefficient (Wildman–Crippen LogP) is 2.22. The Hall–Kier alpha value is -3.79. The van der Waals surface area contributed by atoms with Gasteiger partial charge in [-0.15, -0.1) is 10.2 Å². The van der Waals surface area contributed by atoms with Gasteiger partial charge in [-0.25, -0.2) is 0 Å². The van der Waals surface area contributed by atoms with Crippen LogP contribution in [0.2, 0.25) is 0 Å². The fourth-order valence-corrected chi connectivity index (χ4v) is 4.03. The predicted molar refractivity (Wildman–Crippen MR) is 114 cm³/mol. The molecular formula is C21H17N5O4S. The third kappa shape index (κ3) is 3.97. The minimum atomic E-state index is -0.267. The quantitative estimate of drug-likeness (QED) is 0.447. The van der Waals surface area contributed by atoms with Gasteiger partial charge < -0.3 is 14.8 Å². The first kappa shape index (κ1) is 19.2. The van der Waals surface area contributed by atoms with Crippen LogP contribution in [0.4, 0.5) is 0 Å². The molecule has 156 valence electrons. The maximum atomic E-state index is 12.4. The number of aromatic nitrogens is 4. The molecule has 5 rings (SSSR count). The first-order valence-corrected chi connectivity index (χ1v) is 10.5. The van der Waals surface area contributed by atoms with E-state index in [1.807, 2.05) is 48.5 Å². The summed E-state index contributed by atoms with van der Waals surface area (Å²) in [6.45, 7) is 0.587. The molecule has 0 bridgehead atoms. The summed E-state index contributed by atoms with van der Waals surface area (Å²) in [5.41, 5.74) is 2.16. The molecular weight excluding hydrogens is 418 g/mol. The molecule has 0 saturated carbocycles. The Kier molecular flexibility index (Phi) is 5.04. The molecule has 0 radical (unpaired) electrons. The van der Waals surface area contributed by atoms with Crippen LogP contribution < -0.4 is 20.3 Å². The molecule has 1 aliphatic rings. The fraction of sp³-hybridized carbons (Fsp3) is 0.143. The Labute approximate surface area is 180 Å². The van der Waals surface area contributed by atoms with Crippen LogP contribution >= 0.6 is 11.8 Å². The molecule has 1 aliphatic heterocycles. The van der Waals surface area contributed by atoms with Gasteiger partial charge in [-0.1, -0.05) is 48.2 Å². The number of benzene rings is 2. The largest absolute Gasteiger partial charge is 0.454 e. The zero-order chi connectivity index (χ0) is 21.2. The van der Waals surface area contributed by atoms with Crippen LogP contribution in [0.15, 0.2) is 64.5 Å². The molecule has 0 unspecified atom stereocenters. The Bertz CT molecular complexity index is 1320. The van der Waals surface area contributed by atoms with Gasteiger partial charge in [-0.05, 0) is 23.3 Å². The molecule has 0 saturated heterocycles. The van der Waals surface area contributed by atoms with Crippen molar-refractivity contribution in [2.75, 3.05) is 12.5 Å². The summed E-state index contributed by atoms with van der Waals surface area (Å²) in [6.07, 6.45) is 0. The summed E-state index contributed by atoms with van der Waals surface area (Å²) < 4.78 is 12.4. The monoisotopic (exact) mass is 435 g/mol. The second-order valence-corrected chi connectivity index (χ2v) is 7.72. The van der Waals surface area contributed by atoms with Crippen LogP contribution in [0, 0.1) is 0 Å². The number of amides is 1. The number of nitrogens with one attached hydrogen (secondary N) is 2. The highest BCUT2D eigenvalue weighted by Crippen LogP contribution is 2.32. The van der Waals surface area contributed by atoms with E-state index in [1.54, 1.807) is 4.40 Å². The number of H-pyrrole nitrogens is 1. The first-order valence-electron chi connectivity index (χ1n) is 9.49. The fourth-order valence-electron chi connectivity index (χ4n) is 3.25. The van der Waals surface area contributed by atoms with Gasteiger partial charge in [0.15, 0.2) is 16.7 Å². The first-order chi connectivity index (χ1) is 15.2. The minimum absolute atomic E-state index is 0.148. The second kappa shape index (κ2) is 8.15. The van der Waals surface area contributed by atoms with E-state index in [4.69, 9.17) is 9.47 Å². The topological polar surface area (TPSA) is 111 Å². The SMILES string of the molecule is O=C(CSc1nnc2[nH]c(=O)cc(-c3ccccc3)n12)NCc1ccc2c(c1)OCO2. The van der Waals surface area contributed by atoms with Crippen LogP contribution in [0.1, 0.15) is 5.56 Å². The molecule has 10 heteroatoms. The lowest BCUT2D eigenvalue weighted by Crippen LogP contribution is -2.24. The van der Waals surface area contributed by atoms with Crippen LogP contribution in [-0.2, 0) is 11.3 Å². The van der Waals surface area contributed by atoms with Gasteiger partial charge in [0.2, 0.25) is 18.5 Å². The summed E-state index contributed by atoms with van der Waals surface area (Å²) in [5.74, 6) is 1.72. The van der Waals surface area contributed by atoms with Gasteiger partial charge in [0, 0.05) is 12.6 Å². The average molecular weight is 435 g/mol. The Morgan fingerprint density at radius 2 is 1.94 bits per heavy atom. The molecule has 2 aromatic heterocycles. The van der Waals surface area contributed by atoms with Crippen LogP contribution in [-0.4, -0.2) is 38.0 Å². The molecule has 1 amide bonds. The molecule has 0 atom stereocenters. The Balaban J connectivity index is 1.29. The maximum absolute atomic E-state index is 12.4. The van der Waals surface area contributed by atoms with Crippen LogP contribution in [0.5, 0.6) is 11.5 Å². The number of hydrogen-bond acceptors (Lipinski definition) is 7. The number of aromatic amines is 1. The van der Waals surface area contributed by atoms with Crippen molar-refractivity contribution in [2.45, 2.75) is 11.7 Å². The van der Waals surface area contributed by atoms with Crippen molar-refractivity contribution in [1.29, 1.82) is 0 Å². The number of carbonyl (C=O) groups excluding carboxylic acids is 1. The Morgan fingerprint density at radius 3 is 2.81 bits per heavy atom. The van der Waals surface area contributed by atoms with Gasteiger partial charge in [0.25, 0.3) is 5.56 Å². The van der Waals surface area contributed by atoms with Gasteiger partial charge in [-0.3, -0.25) is 19.0 Å². The number of hydrogen-bond donors (Lipinski definition) is 2. The molecule has 4 aromatic rings. The van der Waals surface area contributed by atoms with Crippen molar-refractivity contribution < 1.29 is 14.3 Å². The third-order valence-electron chi connectivity index (χ3n) is 4.71. The van der Waals surface area contributed by atoms with E-state index >= 15 is 0 Å². The highest BCUT2D eigenvalue weighted by Gasteiger charge is 2.16. The molecule has 0 spiro atoms. The summed E-state index contributed by atoms with van der Waals surface area (Å²) >= 11 is 1.25. The highest BCUT2D eigenvalue weighted by molar-refractivity contribution is 7.99. The van der Waals surface area contributed by atoms with E-state index in [2.05, 4.69) is 20.5 Å². The maximum Gasteiger partial charge on any atom is 0.252 e. The molecule has 3 heterocycles. The normalized spacial score (nSPS) is 12.3. The van der Waals surface area contributed by atoms with Crippen molar-refractivity contribution in [2.24, 2.45) is 0 Å². The van der Waals surface area contributed by atoms with E-state index in [1.165, 1.54) is 17.8 Å². The van der Waals surface area contributed by atoms with Crippen molar-refractivity contribution in [3.63, 3.8) is 0 Å². The van der Waals surface area contributed by atoms with E-state index in [-0.39, 0.29) is 24.0 Å². The molecule has 31 heavy (non-hydrogen) atoms. The molecule has 0 fully saturated rings. The number of ether oxygens (including phenoxy) is 2. The number of carbonyl (C=O) groups is 1. The smallest absolute Gasteiger partial charge is 0.252 e. The van der Waals surface area contributed by atoms with Crippen LogP contribution in [0.25, 0.3) is 17.0 Å². The summed E-state index contributed by atoms with van der Waals surface area (Å²) in [5, 5.41) is 11.6. The number of thioether (sulfide) groups is 1. The van der Waals surface area contributed by atoms with Gasteiger partial charge in [0.1, 0.15) is 0 Å². The van der Waals surface area contributed by atoms with E-state index in [9.17, 15) is 9.59 Å². The molecule has 2 N–H and O–H groups in total. The van der Waals surface area contributed by atoms with E-state index in [0.29, 0.717) is 34.7 Å². The van der Waals surface area contributed by atoms with Crippen molar-refractivity contribution >= 4 is 23.4 Å². The highest BCUT2D eigenvalue weighted by atomic mass is 32.2. The van der Waals surface area contributed by atoms with Gasteiger partial charge in [0.05, 0.1) is 11.4 Å². The van der Waals surface area contributed by atoms with Gasteiger partial charge >= 0.3 is 0 Å². The number of rotatable bonds is 6. The summed E-state index contributed by atoms with van der Waals surface area (Å²) in [4.78, 5) is 27.1.